The number of amides is 2. The van der Waals surface area contributed by atoms with Crippen LogP contribution in [0.25, 0.3) is 11.1 Å². The van der Waals surface area contributed by atoms with Gasteiger partial charge in [0.25, 0.3) is 0 Å². The van der Waals surface area contributed by atoms with Crippen molar-refractivity contribution in [1.82, 2.24) is 9.80 Å². The Balaban J connectivity index is 1.67. The molecule has 1 aliphatic heterocycles. The Morgan fingerprint density at radius 2 is 1.85 bits per heavy atom. The van der Waals surface area contributed by atoms with Gasteiger partial charge in [-0.15, -0.1) is 0 Å². The number of hydrogen-bond donors (Lipinski definition) is 1. The molecule has 2 amide bonds. The smallest absolute Gasteiger partial charge is 0.321 e. The Bertz CT molecular complexity index is 801. The first-order valence-electron chi connectivity index (χ1n) is 8.88. The van der Waals surface area contributed by atoms with Gasteiger partial charge in [0, 0.05) is 30.9 Å². The van der Waals surface area contributed by atoms with E-state index in [9.17, 15) is 9.59 Å². The molecule has 2 aromatic carbocycles. The van der Waals surface area contributed by atoms with E-state index >= 15 is 0 Å². The van der Waals surface area contributed by atoms with Gasteiger partial charge < -0.3 is 15.1 Å². The monoisotopic (exact) mass is 351 g/mol. The molecule has 0 unspecified atom stereocenters. The molecule has 1 fully saturated rings. The number of anilines is 1. The molecule has 0 aromatic heterocycles. The summed E-state index contributed by atoms with van der Waals surface area (Å²) in [7, 11) is 3.92. The molecule has 1 saturated heterocycles. The van der Waals surface area contributed by atoms with E-state index in [4.69, 9.17) is 0 Å². The number of benzene rings is 2. The maximum Gasteiger partial charge on any atom is 0.321 e. The zero-order chi connectivity index (χ0) is 18.7. The first-order valence-corrected chi connectivity index (χ1v) is 8.88. The Morgan fingerprint density at radius 1 is 1.12 bits per heavy atom. The van der Waals surface area contributed by atoms with Crippen LogP contribution in [0, 0.1) is 0 Å². The molecule has 26 heavy (non-hydrogen) atoms. The second-order valence-corrected chi connectivity index (χ2v) is 6.96. The second kappa shape index (κ2) is 7.70. The highest BCUT2D eigenvalue weighted by atomic mass is 16.2. The van der Waals surface area contributed by atoms with E-state index in [1.165, 1.54) is 0 Å². The fraction of sp³-hybridized carbons (Fsp3) is 0.333. The summed E-state index contributed by atoms with van der Waals surface area (Å²) in [6.07, 6.45) is 1.01. The molecule has 136 valence electrons. The van der Waals surface area contributed by atoms with Gasteiger partial charge >= 0.3 is 6.03 Å². The van der Waals surface area contributed by atoms with Gasteiger partial charge in [0.05, 0.1) is 0 Å². The number of likely N-dealkylation sites (tertiary alicyclic amines) is 1. The van der Waals surface area contributed by atoms with Crippen LogP contribution in [-0.4, -0.2) is 54.8 Å². The van der Waals surface area contributed by atoms with E-state index in [0.29, 0.717) is 5.56 Å². The minimum atomic E-state index is -0.0865. The molecule has 1 N–H and O–H groups in total. The van der Waals surface area contributed by atoms with Crippen molar-refractivity contribution in [3.8, 4) is 11.1 Å². The molecule has 5 nitrogen and oxygen atoms in total. The van der Waals surface area contributed by atoms with Crippen LogP contribution < -0.4 is 5.32 Å². The summed E-state index contributed by atoms with van der Waals surface area (Å²) in [6.45, 7) is 3.50. The predicted molar refractivity (Wildman–Crippen MR) is 105 cm³/mol. The average molecular weight is 351 g/mol. The number of urea groups is 1. The number of hydrogen-bond acceptors (Lipinski definition) is 3. The van der Waals surface area contributed by atoms with Gasteiger partial charge in [-0.1, -0.05) is 30.3 Å². The highest BCUT2D eigenvalue weighted by Gasteiger charge is 2.26. The highest BCUT2D eigenvalue weighted by Crippen LogP contribution is 2.23. The summed E-state index contributed by atoms with van der Waals surface area (Å²) < 4.78 is 0. The average Bonchev–Trinajstić information content (AvgIpc) is 3.08. The third kappa shape index (κ3) is 4.11. The number of nitrogens with zero attached hydrogens (tertiary/aromatic N) is 2. The van der Waals surface area contributed by atoms with E-state index in [2.05, 4.69) is 17.3 Å². The van der Waals surface area contributed by atoms with Gasteiger partial charge in [0.15, 0.2) is 5.78 Å². The molecular weight excluding hydrogens is 326 g/mol. The molecule has 1 atom stereocenters. The summed E-state index contributed by atoms with van der Waals surface area (Å²) >= 11 is 0. The predicted octanol–water partition coefficient (Wildman–Crippen LogP) is 3.72. The molecule has 2 aromatic rings. The molecule has 0 bridgehead atoms. The Morgan fingerprint density at radius 3 is 2.46 bits per heavy atom. The molecule has 0 aliphatic carbocycles. The lowest BCUT2D eigenvalue weighted by Crippen LogP contribution is -2.41. The van der Waals surface area contributed by atoms with Gasteiger partial charge in [-0.3, -0.25) is 4.79 Å². The van der Waals surface area contributed by atoms with Crippen molar-refractivity contribution in [1.29, 1.82) is 0 Å². The number of likely N-dealkylation sites (N-methyl/N-ethyl adjacent to an activating group) is 2. The number of rotatable bonds is 4. The number of ketones is 1. The van der Waals surface area contributed by atoms with Crippen molar-refractivity contribution in [2.75, 3.05) is 32.5 Å². The molecule has 1 aliphatic rings. The van der Waals surface area contributed by atoms with E-state index in [0.717, 1.165) is 36.3 Å². The van der Waals surface area contributed by atoms with Gasteiger partial charge in [-0.05, 0) is 56.3 Å². The van der Waals surface area contributed by atoms with Gasteiger partial charge in [-0.2, -0.15) is 0 Å². The first-order chi connectivity index (χ1) is 12.4. The fourth-order valence-corrected chi connectivity index (χ4v) is 3.27. The van der Waals surface area contributed by atoms with Crippen LogP contribution in [0.3, 0.4) is 0 Å². The normalized spacial score (nSPS) is 17.1. The topological polar surface area (TPSA) is 52.7 Å². The summed E-state index contributed by atoms with van der Waals surface area (Å²) in [6, 6.07) is 15.4. The molecule has 0 spiro atoms. The number of Topliss-reactive ketones (excluding diaryl/α,β-unsaturated/α-hetero) is 1. The molecule has 0 saturated carbocycles. The van der Waals surface area contributed by atoms with Crippen molar-refractivity contribution in [3.63, 3.8) is 0 Å². The van der Waals surface area contributed by atoms with Crippen LogP contribution in [0.15, 0.2) is 48.5 Å². The van der Waals surface area contributed by atoms with Crippen LogP contribution in [0.1, 0.15) is 23.7 Å². The summed E-state index contributed by atoms with van der Waals surface area (Å²) in [5, 5.41) is 2.96. The highest BCUT2D eigenvalue weighted by molar-refractivity contribution is 5.95. The van der Waals surface area contributed by atoms with E-state index in [1.54, 1.807) is 11.8 Å². The Labute approximate surface area is 154 Å². The second-order valence-electron chi connectivity index (χ2n) is 6.96. The Hall–Kier alpha value is -2.66. The van der Waals surface area contributed by atoms with Crippen molar-refractivity contribution >= 4 is 17.5 Å². The quantitative estimate of drug-likeness (QED) is 0.854. The van der Waals surface area contributed by atoms with Crippen LogP contribution >= 0.6 is 0 Å². The van der Waals surface area contributed by atoms with Crippen molar-refractivity contribution < 1.29 is 9.59 Å². The first kappa shape index (κ1) is 18.1. The third-order valence-corrected chi connectivity index (χ3v) is 4.97. The molecule has 3 rings (SSSR count). The minimum Gasteiger partial charge on any atom is -0.323 e. The number of nitrogens with one attached hydrogen (secondary N) is 1. The summed E-state index contributed by atoms with van der Waals surface area (Å²) in [5.41, 5.74) is 3.46. The van der Waals surface area contributed by atoms with E-state index in [-0.39, 0.29) is 17.9 Å². The van der Waals surface area contributed by atoms with E-state index in [1.807, 2.05) is 55.6 Å². The largest absolute Gasteiger partial charge is 0.323 e. The lowest BCUT2D eigenvalue weighted by Gasteiger charge is -2.24. The third-order valence-electron chi connectivity index (χ3n) is 4.97. The fourth-order valence-electron chi connectivity index (χ4n) is 3.27. The SMILES string of the molecule is CC(=O)c1cccc(-c2ccc(NC(=O)N(C)[C@@H]3CCN(C)C3)cc2)c1. The standard InChI is InChI=1S/C21H25N3O2/c1-15(25)17-5-4-6-18(13-17)16-7-9-19(10-8-16)22-21(26)24(3)20-11-12-23(2)14-20/h4-10,13,20H,11-12,14H2,1-3H3,(H,22,26)/t20-/m1/s1. The molecule has 0 radical (unpaired) electrons. The summed E-state index contributed by atoms with van der Waals surface area (Å²) in [5.74, 6) is 0.0522. The number of carbonyl (C=O) groups is 2. The number of carbonyl (C=O) groups excluding carboxylic acids is 2. The maximum atomic E-state index is 12.4. The van der Waals surface area contributed by atoms with Crippen LogP contribution in [0.4, 0.5) is 10.5 Å². The van der Waals surface area contributed by atoms with Crippen LogP contribution in [0.5, 0.6) is 0 Å². The van der Waals surface area contributed by atoms with Crippen molar-refractivity contribution in [3.05, 3.63) is 54.1 Å². The lowest BCUT2D eigenvalue weighted by atomic mass is 10.0. The summed E-state index contributed by atoms with van der Waals surface area (Å²) in [4.78, 5) is 28.0. The molecular formula is C21H25N3O2. The maximum absolute atomic E-state index is 12.4. The van der Waals surface area contributed by atoms with Gasteiger partial charge in [0.1, 0.15) is 0 Å². The van der Waals surface area contributed by atoms with E-state index < -0.39 is 0 Å². The molecule has 1 heterocycles. The van der Waals surface area contributed by atoms with Crippen molar-refractivity contribution in [2.24, 2.45) is 0 Å². The molecule has 5 heteroatoms. The minimum absolute atomic E-state index is 0.0522. The van der Waals surface area contributed by atoms with Gasteiger partial charge in [-0.25, -0.2) is 4.79 Å². The Kier molecular flexibility index (Phi) is 5.38. The lowest BCUT2D eigenvalue weighted by molar-refractivity contribution is 0.101. The zero-order valence-corrected chi connectivity index (χ0v) is 15.5. The van der Waals surface area contributed by atoms with Crippen molar-refractivity contribution in [2.45, 2.75) is 19.4 Å². The zero-order valence-electron chi connectivity index (χ0n) is 15.5. The van der Waals surface area contributed by atoms with Gasteiger partial charge in [0.2, 0.25) is 0 Å². The van der Waals surface area contributed by atoms with Crippen LogP contribution in [0.2, 0.25) is 0 Å². The van der Waals surface area contributed by atoms with Crippen LogP contribution in [-0.2, 0) is 0 Å².